The van der Waals surface area contributed by atoms with Gasteiger partial charge in [-0.1, -0.05) is 59.6 Å². The van der Waals surface area contributed by atoms with E-state index in [0.29, 0.717) is 41.4 Å². The van der Waals surface area contributed by atoms with Crippen LogP contribution in [-0.4, -0.2) is 22.5 Å². The fraction of sp³-hybridized carbons (Fsp3) is 0.250. The Morgan fingerprint density at radius 2 is 1.86 bits per heavy atom. The molecule has 0 fully saturated rings. The standard InChI is InChI=1S/C28H27BrIN3O3/c1-5-35-25-13-20(12-23(30)26(25)36-16-19-8-6-18(4)7-9-19)15-31-33-27(17(2)3)32-24-11-10-21(29)14-22(24)28(33)34/h6-15,17H,5,16H2,1-4H3. The van der Waals surface area contributed by atoms with E-state index in [0.717, 1.165) is 19.2 Å². The van der Waals surface area contributed by atoms with Crippen molar-refractivity contribution in [3.8, 4) is 11.5 Å². The van der Waals surface area contributed by atoms with E-state index in [1.807, 2.05) is 45.0 Å². The molecule has 4 aromatic rings. The van der Waals surface area contributed by atoms with Crippen LogP contribution in [0, 0.1) is 10.5 Å². The average Bonchev–Trinajstić information content (AvgIpc) is 2.84. The molecule has 0 aliphatic carbocycles. The van der Waals surface area contributed by atoms with Gasteiger partial charge in [-0.05, 0) is 77.9 Å². The van der Waals surface area contributed by atoms with Crippen LogP contribution >= 0.6 is 38.5 Å². The van der Waals surface area contributed by atoms with E-state index in [2.05, 4.69) is 74.8 Å². The minimum Gasteiger partial charge on any atom is -0.490 e. The zero-order valence-electron chi connectivity index (χ0n) is 20.6. The Balaban J connectivity index is 1.69. The van der Waals surface area contributed by atoms with Crippen LogP contribution < -0.4 is 15.0 Å². The van der Waals surface area contributed by atoms with Crippen LogP contribution in [0.5, 0.6) is 11.5 Å². The molecule has 0 N–H and O–H groups in total. The lowest BCUT2D eigenvalue weighted by atomic mass is 10.1. The number of halogens is 2. The summed E-state index contributed by atoms with van der Waals surface area (Å²) in [5, 5.41) is 5.06. The Morgan fingerprint density at radius 1 is 1.11 bits per heavy atom. The molecule has 1 aromatic heterocycles. The van der Waals surface area contributed by atoms with Crippen molar-refractivity contribution in [2.75, 3.05) is 6.61 Å². The Bertz CT molecular complexity index is 1480. The molecule has 0 unspecified atom stereocenters. The Hall–Kier alpha value is -2.72. The summed E-state index contributed by atoms with van der Waals surface area (Å²) in [6.45, 7) is 8.92. The zero-order valence-corrected chi connectivity index (χ0v) is 24.3. The van der Waals surface area contributed by atoms with Crippen LogP contribution in [0.2, 0.25) is 0 Å². The number of fused-ring (bicyclic) bond motifs is 1. The third-order valence-corrected chi connectivity index (χ3v) is 6.80. The molecule has 0 bridgehead atoms. The lowest BCUT2D eigenvalue weighted by molar-refractivity contribution is 0.267. The molecule has 0 aliphatic rings. The quantitative estimate of drug-likeness (QED) is 0.150. The maximum Gasteiger partial charge on any atom is 0.282 e. The molecular formula is C28H27BrIN3O3. The number of nitrogens with zero attached hydrogens (tertiary/aromatic N) is 3. The number of hydrogen-bond donors (Lipinski definition) is 0. The number of ether oxygens (including phenoxy) is 2. The lowest BCUT2D eigenvalue weighted by Crippen LogP contribution is -2.23. The van der Waals surface area contributed by atoms with Gasteiger partial charge < -0.3 is 9.47 Å². The molecule has 1 heterocycles. The number of aromatic nitrogens is 2. The molecular weight excluding hydrogens is 633 g/mol. The summed E-state index contributed by atoms with van der Waals surface area (Å²) in [7, 11) is 0. The number of aryl methyl sites for hydroxylation is 1. The number of rotatable bonds is 8. The minimum absolute atomic E-state index is 0.0135. The van der Waals surface area contributed by atoms with Crippen LogP contribution in [0.4, 0.5) is 0 Å². The van der Waals surface area contributed by atoms with Crippen LogP contribution in [0.15, 0.2) is 69.0 Å². The summed E-state index contributed by atoms with van der Waals surface area (Å²) in [4.78, 5) is 18.0. The highest BCUT2D eigenvalue weighted by atomic mass is 127. The van der Waals surface area contributed by atoms with E-state index >= 15 is 0 Å². The summed E-state index contributed by atoms with van der Waals surface area (Å²) in [6, 6.07) is 17.6. The summed E-state index contributed by atoms with van der Waals surface area (Å²) in [5.74, 6) is 1.94. The van der Waals surface area contributed by atoms with Gasteiger partial charge in [-0.3, -0.25) is 4.79 Å². The largest absolute Gasteiger partial charge is 0.490 e. The Kier molecular flexibility index (Phi) is 8.46. The zero-order chi connectivity index (χ0) is 25.8. The minimum atomic E-state index is -0.209. The van der Waals surface area contributed by atoms with E-state index in [9.17, 15) is 4.79 Å². The van der Waals surface area contributed by atoms with Crippen LogP contribution in [-0.2, 0) is 6.61 Å². The summed E-state index contributed by atoms with van der Waals surface area (Å²) in [6.07, 6.45) is 1.66. The maximum atomic E-state index is 13.3. The predicted octanol–water partition coefficient (Wildman–Crippen LogP) is 7.06. The van der Waals surface area contributed by atoms with Gasteiger partial charge in [0.2, 0.25) is 0 Å². The maximum absolute atomic E-state index is 13.3. The topological polar surface area (TPSA) is 65.7 Å². The molecule has 3 aromatic carbocycles. The van der Waals surface area contributed by atoms with Crippen molar-refractivity contribution in [1.29, 1.82) is 0 Å². The van der Waals surface area contributed by atoms with Crippen molar-refractivity contribution in [1.82, 2.24) is 9.66 Å². The van der Waals surface area contributed by atoms with Crippen LogP contribution in [0.1, 0.15) is 49.2 Å². The van der Waals surface area contributed by atoms with Crippen molar-refractivity contribution >= 4 is 55.6 Å². The van der Waals surface area contributed by atoms with E-state index in [1.165, 1.54) is 10.2 Å². The second-order valence-corrected chi connectivity index (χ2v) is 10.8. The highest BCUT2D eigenvalue weighted by molar-refractivity contribution is 14.1. The molecule has 0 aliphatic heterocycles. The van der Waals surface area contributed by atoms with Crippen molar-refractivity contribution < 1.29 is 9.47 Å². The second kappa shape index (κ2) is 11.6. The van der Waals surface area contributed by atoms with Gasteiger partial charge in [-0.2, -0.15) is 9.78 Å². The first kappa shape index (κ1) is 26.3. The molecule has 0 atom stereocenters. The van der Waals surface area contributed by atoms with Crippen molar-refractivity contribution in [2.45, 2.75) is 40.2 Å². The van der Waals surface area contributed by atoms with E-state index in [1.54, 1.807) is 12.3 Å². The summed E-state index contributed by atoms with van der Waals surface area (Å²) in [5.41, 5.74) is 3.53. The fourth-order valence-corrected chi connectivity index (χ4v) is 4.82. The summed E-state index contributed by atoms with van der Waals surface area (Å²) >= 11 is 5.68. The highest BCUT2D eigenvalue weighted by Gasteiger charge is 2.15. The summed E-state index contributed by atoms with van der Waals surface area (Å²) < 4.78 is 15.1. The first-order valence-corrected chi connectivity index (χ1v) is 13.5. The van der Waals surface area contributed by atoms with Gasteiger partial charge in [-0.25, -0.2) is 4.98 Å². The monoisotopic (exact) mass is 659 g/mol. The molecule has 186 valence electrons. The molecule has 0 radical (unpaired) electrons. The van der Waals surface area contributed by atoms with E-state index in [4.69, 9.17) is 14.5 Å². The van der Waals surface area contributed by atoms with Gasteiger partial charge in [0.25, 0.3) is 5.56 Å². The molecule has 36 heavy (non-hydrogen) atoms. The number of benzene rings is 3. The predicted molar refractivity (Wildman–Crippen MR) is 157 cm³/mol. The van der Waals surface area contributed by atoms with Gasteiger partial charge in [0.15, 0.2) is 11.5 Å². The second-order valence-electron chi connectivity index (χ2n) is 8.68. The van der Waals surface area contributed by atoms with Crippen molar-refractivity contribution in [3.63, 3.8) is 0 Å². The van der Waals surface area contributed by atoms with Gasteiger partial charge in [0.05, 0.1) is 27.3 Å². The first-order valence-electron chi connectivity index (χ1n) is 11.7. The highest BCUT2D eigenvalue weighted by Crippen LogP contribution is 2.34. The van der Waals surface area contributed by atoms with Gasteiger partial charge in [0.1, 0.15) is 12.4 Å². The third kappa shape index (κ3) is 5.98. The average molecular weight is 660 g/mol. The SMILES string of the molecule is CCOc1cc(C=Nn2c(C(C)C)nc3ccc(Br)cc3c2=O)cc(I)c1OCc1ccc(C)cc1. The first-order chi connectivity index (χ1) is 17.3. The number of hydrogen-bond acceptors (Lipinski definition) is 5. The Labute approximate surface area is 232 Å². The van der Waals surface area contributed by atoms with Gasteiger partial charge in [0, 0.05) is 10.4 Å². The molecule has 6 nitrogen and oxygen atoms in total. The molecule has 0 saturated carbocycles. The molecule has 4 rings (SSSR count). The lowest BCUT2D eigenvalue weighted by Gasteiger charge is -2.15. The van der Waals surface area contributed by atoms with Crippen molar-refractivity contribution in [2.24, 2.45) is 5.10 Å². The van der Waals surface area contributed by atoms with E-state index < -0.39 is 0 Å². The molecule has 0 spiro atoms. The molecule has 0 saturated heterocycles. The van der Waals surface area contributed by atoms with Crippen LogP contribution in [0.3, 0.4) is 0 Å². The van der Waals surface area contributed by atoms with Gasteiger partial charge >= 0.3 is 0 Å². The molecule has 8 heteroatoms. The third-order valence-electron chi connectivity index (χ3n) is 5.51. The fourth-order valence-electron chi connectivity index (χ4n) is 3.68. The smallest absolute Gasteiger partial charge is 0.282 e. The van der Waals surface area contributed by atoms with E-state index in [-0.39, 0.29) is 11.5 Å². The Morgan fingerprint density at radius 3 is 2.56 bits per heavy atom. The normalized spacial score (nSPS) is 11.5. The van der Waals surface area contributed by atoms with Gasteiger partial charge in [-0.15, -0.1) is 0 Å². The molecule has 0 amide bonds. The van der Waals surface area contributed by atoms with Crippen molar-refractivity contribution in [3.05, 3.63) is 95.5 Å². The van der Waals surface area contributed by atoms with Crippen LogP contribution in [0.25, 0.3) is 10.9 Å².